The largest absolute Gasteiger partial charge is 0.308 e. The average Bonchev–Trinajstić information content (AvgIpc) is 3.93. The van der Waals surface area contributed by atoms with E-state index in [9.17, 15) is 0 Å². The molecule has 278 valence electrons. The standard InChI is InChI=1S/C57H39NS/c1-56(38-19-5-2-6-20-38)47-29-14-11-25-42(47)43-36-35-41(37-50(43)56)58(52-33-17-28-45-44-26-13-16-34-53(44)59-55(45)52)51-32-18-31-49-54(51)46-27-12-15-30-48(46)57(49,39-21-7-3-8-22-39)40-23-9-4-10-24-40/h2-37H,1H3. The van der Waals surface area contributed by atoms with Gasteiger partial charge in [0.05, 0.1) is 21.5 Å². The number of thiophene rings is 1. The maximum atomic E-state index is 2.58. The third-order valence-corrected chi connectivity index (χ3v) is 14.4. The summed E-state index contributed by atoms with van der Waals surface area (Å²) in [5.74, 6) is 0. The quantitative estimate of drug-likeness (QED) is 0.163. The minimum absolute atomic E-state index is 0.334. The number of benzene rings is 9. The Bertz CT molecular complexity index is 3200. The molecule has 0 saturated heterocycles. The molecule has 0 spiro atoms. The second-order valence-electron chi connectivity index (χ2n) is 16.1. The Morgan fingerprint density at radius 3 is 1.68 bits per heavy atom. The number of rotatable bonds is 6. The molecule has 0 bridgehead atoms. The highest BCUT2D eigenvalue weighted by Crippen LogP contribution is 2.61. The van der Waals surface area contributed by atoms with Gasteiger partial charge in [0, 0.05) is 32.1 Å². The fraction of sp³-hybridized carbons (Fsp3) is 0.0526. The summed E-state index contributed by atoms with van der Waals surface area (Å²) in [6.45, 7) is 2.42. The molecule has 10 aromatic rings. The summed E-state index contributed by atoms with van der Waals surface area (Å²) < 4.78 is 2.58. The van der Waals surface area contributed by atoms with E-state index >= 15 is 0 Å². The van der Waals surface area contributed by atoms with Crippen LogP contribution in [0.25, 0.3) is 42.4 Å². The predicted molar refractivity (Wildman–Crippen MR) is 249 cm³/mol. The topological polar surface area (TPSA) is 3.24 Å². The molecule has 0 aliphatic heterocycles. The van der Waals surface area contributed by atoms with Crippen LogP contribution in [0.5, 0.6) is 0 Å². The Kier molecular flexibility index (Phi) is 7.51. The van der Waals surface area contributed by atoms with Crippen LogP contribution in [-0.2, 0) is 10.8 Å². The van der Waals surface area contributed by atoms with Crippen molar-refractivity contribution in [3.8, 4) is 22.3 Å². The average molecular weight is 770 g/mol. The first-order valence-corrected chi connectivity index (χ1v) is 21.3. The van der Waals surface area contributed by atoms with Crippen LogP contribution in [0.15, 0.2) is 218 Å². The Labute approximate surface area is 349 Å². The highest BCUT2D eigenvalue weighted by molar-refractivity contribution is 7.26. The summed E-state index contributed by atoms with van der Waals surface area (Å²) >= 11 is 1.89. The lowest BCUT2D eigenvalue weighted by atomic mass is 9.68. The maximum absolute atomic E-state index is 2.58. The Balaban J connectivity index is 1.19. The van der Waals surface area contributed by atoms with E-state index in [0.717, 1.165) is 5.69 Å². The first-order valence-electron chi connectivity index (χ1n) is 20.5. The van der Waals surface area contributed by atoms with Crippen molar-refractivity contribution in [1.82, 2.24) is 0 Å². The van der Waals surface area contributed by atoms with Gasteiger partial charge >= 0.3 is 0 Å². The van der Waals surface area contributed by atoms with Crippen molar-refractivity contribution in [2.45, 2.75) is 17.8 Å². The second-order valence-corrected chi connectivity index (χ2v) is 17.1. The molecule has 0 radical (unpaired) electrons. The van der Waals surface area contributed by atoms with Crippen molar-refractivity contribution >= 4 is 48.6 Å². The van der Waals surface area contributed by atoms with Gasteiger partial charge in [0.2, 0.25) is 0 Å². The Morgan fingerprint density at radius 1 is 0.390 bits per heavy atom. The van der Waals surface area contributed by atoms with Crippen LogP contribution in [0.4, 0.5) is 17.1 Å². The van der Waals surface area contributed by atoms with Crippen molar-refractivity contribution in [3.05, 3.63) is 257 Å². The van der Waals surface area contributed by atoms with E-state index in [4.69, 9.17) is 0 Å². The highest BCUT2D eigenvalue weighted by Gasteiger charge is 2.48. The molecule has 0 amide bonds. The Morgan fingerprint density at radius 2 is 0.932 bits per heavy atom. The molecular formula is C57H39NS. The number of fused-ring (bicyclic) bond motifs is 9. The molecule has 1 aromatic heterocycles. The summed E-state index contributed by atoms with van der Waals surface area (Å²) in [7, 11) is 0. The molecule has 1 nitrogen and oxygen atoms in total. The molecule has 1 atom stereocenters. The normalized spacial score (nSPS) is 15.7. The zero-order valence-electron chi connectivity index (χ0n) is 32.6. The van der Waals surface area contributed by atoms with Gasteiger partial charge in [-0.1, -0.05) is 188 Å². The van der Waals surface area contributed by atoms with Crippen molar-refractivity contribution in [2.24, 2.45) is 0 Å². The molecule has 2 aliphatic rings. The van der Waals surface area contributed by atoms with Crippen LogP contribution in [-0.4, -0.2) is 0 Å². The molecule has 2 aliphatic carbocycles. The SMILES string of the molecule is CC1(c2ccccc2)c2ccccc2-c2ccc(N(c3cccc4c3-c3ccccc3C4(c3ccccc3)c3ccccc3)c3cccc4c3sc3ccccc34)cc21. The van der Waals surface area contributed by atoms with E-state index < -0.39 is 5.41 Å². The molecule has 9 aromatic carbocycles. The summed E-state index contributed by atoms with van der Waals surface area (Å²) in [6.07, 6.45) is 0. The Hall–Kier alpha value is -7.00. The molecule has 0 N–H and O–H groups in total. The van der Waals surface area contributed by atoms with Gasteiger partial charge in [0.15, 0.2) is 0 Å². The number of hydrogen-bond donors (Lipinski definition) is 0. The minimum atomic E-state index is -0.509. The van der Waals surface area contributed by atoms with E-state index in [1.54, 1.807) is 0 Å². The van der Waals surface area contributed by atoms with Crippen molar-refractivity contribution in [3.63, 3.8) is 0 Å². The molecular weight excluding hydrogens is 731 g/mol. The second kappa shape index (κ2) is 13.0. The fourth-order valence-electron chi connectivity index (χ4n) is 10.7. The number of nitrogens with zero attached hydrogens (tertiary/aromatic N) is 1. The van der Waals surface area contributed by atoms with Gasteiger partial charge < -0.3 is 4.90 Å². The lowest BCUT2D eigenvalue weighted by Gasteiger charge is -2.34. The monoisotopic (exact) mass is 769 g/mol. The van der Waals surface area contributed by atoms with Gasteiger partial charge in [0.1, 0.15) is 0 Å². The van der Waals surface area contributed by atoms with Crippen molar-refractivity contribution in [2.75, 3.05) is 4.90 Å². The van der Waals surface area contributed by atoms with Gasteiger partial charge in [-0.25, -0.2) is 0 Å². The van der Waals surface area contributed by atoms with E-state index in [-0.39, 0.29) is 5.41 Å². The maximum Gasteiger partial charge on any atom is 0.0714 e. The highest BCUT2D eigenvalue weighted by atomic mass is 32.1. The molecule has 2 heteroatoms. The summed E-state index contributed by atoms with van der Waals surface area (Å²) in [5.41, 5.74) is 16.9. The van der Waals surface area contributed by atoms with Crippen LogP contribution in [0.1, 0.15) is 45.9 Å². The third-order valence-electron chi connectivity index (χ3n) is 13.2. The molecule has 1 unspecified atom stereocenters. The fourth-order valence-corrected chi connectivity index (χ4v) is 11.9. The number of anilines is 3. The lowest BCUT2D eigenvalue weighted by Crippen LogP contribution is -2.28. The third kappa shape index (κ3) is 4.72. The van der Waals surface area contributed by atoms with E-state index in [1.807, 2.05) is 11.3 Å². The van der Waals surface area contributed by atoms with Crippen LogP contribution in [0.2, 0.25) is 0 Å². The molecule has 12 rings (SSSR count). The van der Waals surface area contributed by atoms with Gasteiger partial charge in [-0.3, -0.25) is 0 Å². The summed E-state index contributed by atoms with van der Waals surface area (Å²) in [6, 6.07) is 81.4. The number of hydrogen-bond acceptors (Lipinski definition) is 2. The lowest BCUT2D eigenvalue weighted by molar-refractivity contribution is 0.714. The van der Waals surface area contributed by atoms with Crippen molar-refractivity contribution < 1.29 is 0 Å². The summed E-state index contributed by atoms with van der Waals surface area (Å²) in [5, 5.41) is 2.58. The summed E-state index contributed by atoms with van der Waals surface area (Å²) in [4.78, 5) is 2.58. The van der Waals surface area contributed by atoms with Crippen LogP contribution in [0, 0.1) is 0 Å². The van der Waals surface area contributed by atoms with Crippen LogP contribution >= 0.6 is 11.3 Å². The van der Waals surface area contributed by atoms with Gasteiger partial charge in [-0.15, -0.1) is 11.3 Å². The first-order chi connectivity index (χ1) is 29.2. The van der Waals surface area contributed by atoms with Gasteiger partial charge in [-0.05, 0) is 92.9 Å². The smallest absolute Gasteiger partial charge is 0.0714 e. The molecule has 0 saturated carbocycles. The van der Waals surface area contributed by atoms with E-state index in [1.165, 1.54) is 92.7 Å². The van der Waals surface area contributed by atoms with E-state index in [2.05, 4.69) is 230 Å². The van der Waals surface area contributed by atoms with Gasteiger partial charge in [0.25, 0.3) is 0 Å². The van der Waals surface area contributed by atoms with E-state index in [0.29, 0.717) is 0 Å². The van der Waals surface area contributed by atoms with Gasteiger partial charge in [-0.2, -0.15) is 0 Å². The minimum Gasteiger partial charge on any atom is -0.308 e. The van der Waals surface area contributed by atoms with Crippen LogP contribution in [0.3, 0.4) is 0 Å². The molecule has 59 heavy (non-hydrogen) atoms. The zero-order chi connectivity index (χ0) is 39.1. The van der Waals surface area contributed by atoms with Crippen LogP contribution < -0.4 is 4.90 Å². The molecule has 1 heterocycles. The zero-order valence-corrected chi connectivity index (χ0v) is 33.5. The first kappa shape index (κ1) is 34.1. The van der Waals surface area contributed by atoms with Crippen molar-refractivity contribution in [1.29, 1.82) is 0 Å². The molecule has 0 fully saturated rings. The predicted octanol–water partition coefficient (Wildman–Crippen LogP) is 15.2.